The summed E-state index contributed by atoms with van der Waals surface area (Å²) >= 11 is 5.91. The highest BCUT2D eigenvalue weighted by atomic mass is 35.5. The van der Waals surface area contributed by atoms with Crippen molar-refractivity contribution in [2.75, 3.05) is 52.7 Å². The Morgan fingerprint density at radius 1 is 1.05 bits per heavy atom. The molecule has 0 spiro atoms. The standard InChI is InChI=1S/C14H28ClN3O2S/c1-16(2)11-13-5-8-17(9-6-13)21(19,20)18-7-3-4-14(10-15)12-18/h13-14H,3-12H2,1-2H3. The maximum Gasteiger partial charge on any atom is 0.281 e. The van der Waals surface area contributed by atoms with Crippen LogP contribution < -0.4 is 0 Å². The average molecular weight is 338 g/mol. The summed E-state index contributed by atoms with van der Waals surface area (Å²) in [5, 5.41) is 0. The summed E-state index contributed by atoms with van der Waals surface area (Å²) < 4.78 is 28.8. The van der Waals surface area contributed by atoms with E-state index in [1.807, 2.05) is 0 Å². The zero-order valence-electron chi connectivity index (χ0n) is 13.2. The first-order chi connectivity index (χ1) is 9.93. The van der Waals surface area contributed by atoms with Crippen molar-refractivity contribution in [3.05, 3.63) is 0 Å². The topological polar surface area (TPSA) is 43.9 Å². The van der Waals surface area contributed by atoms with E-state index in [2.05, 4.69) is 19.0 Å². The molecule has 7 heteroatoms. The van der Waals surface area contributed by atoms with Crippen molar-refractivity contribution in [3.63, 3.8) is 0 Å². The molecule has 5 nitrogen and oxygen atoms in total. The third-order valence-electron chi connectivity index (χ3n) is 4.55. The van der Waals surface area contributed by atoms with Gasteiger partial charge in [0, 0.05) is 38.6 Å². The van der Waals surface area contributed by atoms with Crippen LogP contribution in [0.2, 0.25) is 0 Å². The van der Waals surface area contributed by atoms with Crippen molar-refractivity contribution >= 4 is 21.8 Å². The number of piperidine rings is 2. The lowest BCUT2D eigenvalue weighted by atomic mass is 9.98. The average Bonchev–Trinajstić information content (AvgIpc) is 2.47. The quantitative estimate of drug-likeness (QED) is 0.713. The lowest BCUT2D eigenvalue weighted by molar-refractivity contribution is 0.205. The van der Waals surface area contributed by atoms with Crippen LogP contribution in [0, 0.1) is 11.8 Å². The van der Waals surface area contributed by atoms with Crippen molar-refractivity contribution in [3.8, 4) is 0 Å². The molecular weight excluding hydrogens is 310 g/mol. The molecule has 0 saturated carbocycles. The van der Waals surface area contributed by atoms with E-state index in [0.29, 0.717) is 43.9 Å². The summed E-state index contributed by atoms with van der Waals surface area (Å²) in [6.07, 6.45) is 3.89. The molecule has 0 aromatic carbocycles. The summed E-state index contributed by atoms with van der Waals surface area (Å²) in [5.41, 5.74) is 0. The summed E-state index contributed by atoms with van der Waals surface area (Å²) in [6.45, 7) is 3.59. The Bertz CT molecular complexity index is 422. The van der Waals surface area contributed by atoms with Crippen LogP contribution in [0.5, 0.6) is 0 Å². The van der Waals surface area contributed by atoms with Gasteiger partial charge in [-0.3, -0.25) is 0 Å². The number of alkyl halides is 1. The van der Waals surface area contributed by atoms with E-state index < -0.39 is 10.2 Å². The van der Waals surface area contributed by atoms with Gasteiger partial charge in [-0.2, -0.15) is 17.0 Å². The van der Waals surface area contributed by atoms with E-state index in [4.69, 9.17) is 11.6 Å². The van der Waals surface area contributed by atoms with Gasteiger partial charge in [0.2, 0.25) is 0 Å². The van der Waals surface area contributed by atoms with Crippen molar-refractivity contribution in [1.29, 1.82) is 0 Å². The van der Waals surface area contributed by atoms with Crippen molar-refractivity contribution in [2.24, 2.45) is 11.8 Å². The van der Waals surface area contributed by atoms with Crippen LogP contribution in [0.15, 0.2) is 0 Å². The first-order valence-electron chi connectivity index (χ1n) is 7.89. The Balaban J connectivity index is 1.92. The Hall–Kier alpha value is 0.120. The van der Waals surface area contributed by atoms with Crippen molar-refractivity contribution in [1.82, 2.24) is 13.5 Å². The van der Waals surface area contributed by atoms with Crippen LogP contribution in [0.3, 0.4) is 0 Å². The fraction of sp³-hybridized carbons (Fsp3) is 1.00. The highest BCUT2D eigenvalue weighted by molar-refractivity contribution is 7.86. The van der Waals surface area contributed by atoms with Gasteiger partial charge < -0.3 is 4.90 Å². The highest BCUT2D eigenvalue weighted by Gasteiger charge is 2.35. The van der Waals surface area contributed by atoms with Crippen LogP contribution in [0.25, 0.3) is 0 Å². The maximum atomic E-state index is 12.7. The number of nitrogens with zero attached hydrogens (tertiary/aromatic N) is 3. The number of halogens is 1. The first-order valence-corrected chi connectivity index (χ1v) is 9.82. The molecule has 124 valence electrons. The second-order valence-corrected chi connectivity index (χ2v) is 8.87. The molecule has 2 aliphatic rings. The third-order valence-corrected chi connectivity index (χ3v) is 6.99. The zero-order chi connectivity index (χ0) is 15.5. The van der Waals surface area contributed by atoms with E-state index in [0.717, 1.165) is 32.2 Å². The van der Waals surface area contributed by atoms with Gasteiger partial charge >= 0.3 is 0 Å². The van der Waals surface area contributed by atoms with Crippen LogP contribution in [-0.4, -0.2) is 74.6 Å². The van der Waals surface area contributed by atoms with Gasteiger partial charge in [0.25, 0.3) is 10.2 Å². The third kappa shape index (κ3) is 4.55. The molecule has 0 N–H and O–H groups in total. The second-order valence-electron chi connectivity index (χ2n) is 6.63. The Labute approximate surface area is 134 Å². The van der Waals surface area contributed by atoms with Crippen molar-refractivity contribution in [2.45, 2.75) is 25.7 Å². The molecule has 0 radical (unpaired) electrons. The van der Waals surface area contributed by atoms with E-state index >= 15 is 0 Å². The molecule has 0 amide bonds. The SMILES string of the molecule is CN(C)CC1CCN(S(=O)(=O)N2CCCC(CCl)C2)CC1. The normalized spacial score (nSPS) is 27.3. The molecule has 0 aromatic rings. The molecule has 2 rings (SSSR count). The monoisotopic (exact) mass is 337 g/mol. The molecule has 1 unspecified atom stereocenters. The van der Waals surface area contributed by atoms with Crippen LogP contribution in [0.4, 0.5) is 0 Å². The van der Waals surface area contributed by atoms with Gasteiger partial charge in [-0.15, -0.1) is 11.6 Å². The van der Waals surface area contributed by atoms with Crippen LogP contribution in [0.1, 0.15) is 25.7 Å². The molecular formula is C14H28ClN3O2S. The number of rotatable bonds is 5. The van der Waals surface area contributed by atoms with E-state index in [9.17, 15) is 8.42 Å². The van der Waals surface area contributed by atoms with Gasteiger partial charge in [0.1, 0.15) is 0 Å². The largest absolute Gasteiger partial charge is 0.309 e. The van der Waals surface area contributed by atoms with Gasteiger partial charge in [-0.25, -0.2) is 0 Å². The predicted octanol–water partition coefficient (Wildman–Crippen LogP) is 1.46. The molecule has 0 aromatic heterocycles. The zero-order valence-corrected chi connectivity index (χ0v) is 14.7. The summed E-state index contributed by atoms with van der Waals surface area (Å²) in [5.74, 6) is 1.47. The summed E-state index contributed by atoms with van der Waals surface area (Å²) in [7, 11) is 0.860. The smallest absolute Gasteiger partial charge is 0.281 e. The summed E-state index contributed by atoms with van der Waals surface area (Å²) in [6, 6.07) is 0. The molecule has 2 aliphatic heterocycles. The highest BCUT2D eigenvalue weighted by Crippen LogP contribution is 2.25. The van der Waals surface area contributed by atoms with Crippen molar-refractivity contribution < 1.29 is 8.42 Å². The first kappa shape index (κ1) is 17.5. The predicted molar refractivity (Wildman–Crippen MR) is 86.8 cm³/mol. The van der Waals surface area contributed by atoms with Gasteiger partial charge in [-0.1, -0.05) is 0 Å². The fourth-order valence-electron chi connectivity index (χ4n) is 3.36. The maximum absolute atomic E-state index is 12.7. The van der Waals surface area contributed by atoms with E-state index in [1.165, 1.54) is 0 Å². The lowest BCUT2D eigenvalue weighted by Gasteiger charge is -2.38. The molecule has 0 aliphatic carbocycles. The molecule has 21 heavy (non-hydrogen) atoms. The fourth-order valence-corrected chi connectivity index (χ4v) is 5.37. The second kappa shape index (κ2) is 7.59. The van der Waals surface area contributed by atoms with E-state index in [-0.39, 0.29) is 0 Å². The number of hydrogen-bond acceptors (Lipinski definition) is 3. The number of hydrogen-bond donors (Lipinski definition) is 0. The molecule has 2 saturated heterocycles. The van der Waals surface area contributed by atoms with Crippen LogP contribution in [-0.2, 0) is 10.2 Å². The molecule has 0 bridgehead atoms. The van der Waals surface area contributed by atoms with Gasteiger partial charge in [0.05, 0.1) is 0 Å². The minimum atomic E-state index is -3.29. The Kier molecular flexibility index (Phi) is 6.32. The molecule has 2 heterocycles. The minimum Gasteiger partial charge on any atom is -0.309 e. The van der Waals surface area contributed by atoms with Gasteiger partial charge in [-0.05, 0) is 51.6 Å². The molecule has 2 fully saturated rings. The summed E-state index contributed by atoms with van der Waals surface area (Å²) in [4.78, 5) is 2.19. The minimum absolute atomic E-state index is 0.307. The lowest BCUT2D eigenvalue weighted by Crippen LogP contribution is -2.50. The van der Waals surface area contributed by atoms with Gasteiger partial charge in [0.15, 0.2) is 0 Å². The molecule has 1 atom stereocenters. The van der Waals surface area contributed by atoms with Crippen LogP contribution >= 0.6 is 11.6 Å². The Morgan fingerprint density at radius 2 is 1.71 bits per heavy atom. The Morgan fingerprint density at radius 3 is 2.29 bits per heavy atom. The van der Waals surface area contributed by atoms with E-state index in [1.54, 1.807) is 8.61 Å².